The summed E-state index contributed by atoms with van der Waals surface area (Å²) in [7, 11) is 0. The number of rotatable bonds is 8. The van der Waals surface area contributed by atoms with Crippen molar-refractivity contribution in [3.63, 3.8) is 0 Å². The maximum absolute atomic E-state index is 12.8. The summed E-state index contributed by atoms with van der Waals surface area (Å²) in [5.41, 5.74) is 6.00. The number of aromatic nitrogens is 4. The predicted molar refractivity (Wildman–Crippen MR) is 137 cm³/mol. The zero-order valence-electron chi connectivity index (χ0n) is 19.8. The number of aryl methyl sites for hydroxylation is 3. The Morgan fingerprint density at radius 2 is 1.69 bits per heavy atom. The Labute approximate surface area is 208 Å². The van der Waals surface area contributed by atoms with E-state index in [-0.39, 0.29) is 17.6 Å². The van der Waals surface area contributed by atoms with E-state index in [2.05, 4.69) is 26.2 Å². The molecule has 4 aromatic rings. The number of nitrogens with one attached hydrogen (secondary N) is 2. The fraction of sp³-hybridized carbons (Fsp3) is 0.192. The summed E-state index contributed by atoms with van der Waals surface area (Å²) in [6.45, 7) is 6.40. The zero-order chi connectivity index (χ0) is 24.8. The molecule has 0 bridgehead atoms. The van der Waals surface area contributed by atoms with E-state index in [1.165, 1.54) is 11.8 Å². The summed E-state index contributed by atoms with van der Waals surface area (Å²) in [5, 5.41) is 18.2. The first-order valence-electron chi connectivity index (χ1n) is 11.1. The smallest absolute Gasteiger partial charge is 0.253 e. The van der Waals surface area contributed by atoms with Crippen molar-refractivity contribution in [3.8, 4) is 5.69 Å². The van der Waals surface area contributed by atoms with E-state index in [1.807, 2.05) is 63.2 Å². The minimum Gasteiger partial charge on any atom is -0.348 e. The molecule has 3 aromatic carbocycles. The molecule has 4 rings (SSSR count). The minimum absolute atomic E-state index is 0.0879. The Balaban J connectivity index is 1.39. The van der Waals surface area contributed by atoms with Crippen molar-refractivity contribution in [3.05, 3.63) is 94.5 Å². The van der Waals surface area contributed by atoms with Crippen LogP contribution in [0.3, 0.4) is 0 Å². The predicted octanol–water partition coefficient (Wildman–Crippen LogP) is 4.25. The highest BCUT2D eigenvalue weighted by Crippen LogP contribution is 2.22. The van der Waals surface area contributed by atoms with Crippen LogP contribution < -0.4 is 10.6 Å². The lowest BCUT2D eigenvalue weighted by molar-refractivity contribution is -0.113. The molecule has 8 nitrogen and oxygen atoms in total. The van der Waals surface area contributed by atoms with Crippen molar-refractivity contribution in [2.24, 2.45) is 0 Å². The van der Waals surface area contributed by atoms with Gasteiger partial charge in [0, 0.05) is 6.54 Å². The van der Waals surface area contributed by atoms with Crippen molar-refractivity contribution in [1.29, 1.82) is 0 Å². The molecule has 0 aliphatic carbocycles. The van der Waals surface area contributed by atoms with Crippen LogP contribution in [0.4, 0.5) is 5.69 Å². The van der Waals surface area contributed by atoms with Crippen LogP contribution in [-0.4, -0.2) is 37.8 Å². The van der Waals surface area contributed by atoms with E-state index in [1.54, 1.807) is 28.9 Å². The Morgan fingerprint density at radius 3 is 2.49 bits per heavy atom. The molecule has 9 heteroatoms. The number of benzene rings is 3. The van der Waals surface area contributed by atoms with Gasteiger partial charge in [-0.25, -0.2) is 0 Å². The average Bonchev–Trinajstić information content (AvgIpc) is 3.32. The van der Waals surface area contributed by atoms with Gasteiger partial charge in [-0.3, -0.25) is 9.59 Å². The maximum atomic E-state index is 12.8. The molecule has 1 heterocycles. The van der Waals surface area contributed by atoms with Crippen molar-refractivity contribution >= 4 is 29.3 Å². The van der Waals surface area contributed by atoms with E-state index in [9.17, 15) is 9.59 Å². The number of hydrogen-bond donors (Lipinski definition) is 2. The Kier molecular flexibility index (Phi) is 7.57. The van der Waals surface area contributed by atoms with E-state index in [0.29, 0.717) is 23.0 Å². The normalized spacial score (nSPS) is 10.7. The highest BCUT2D eigenvalue weighted by molar-refractivity contribution is 7.99. The maximum Gasteiger partial charge on any atom is 0.253 e. The summed E-state index contributed by atoms with van der Waals surface area (Å²) in [6, 6.07) is 20.9. The average molecular weight is 487 g/mol. The van der Waals surface area contributed by atoms with Crippen LogP contribution in [-0.2, 0) is 11.3 Å². The van der Waals surface area contributed by atoms with Crippen LogP contribution in [0, 0.1) is 20.8 Å². The number of nitrogens with zero attached hydrogens (tertiary/aromatic N) is 4. The minimum atomic E-state index is -0.260. The SMILES string of the molecule is Cc1ccc(CNC(=O)c2ccccc2NC(=O)CSc2nnnn2-c2cc(C)ccc2C)cc1. The Hall–Kier alpha value is -3.98. The van der Waals surface area contributed by atoms with Gasteiger partial charge in [0.15, 0.2) is 0 Å². The van der Waals surface area contributed by atoms with Crippen LogP contribution in [0.5, 0.6) is 0 Å². The molecule has 0 spiro atoms. The number of carbonyl (C=O) groups is 2. The number of carbonyl (C=O) groups excluding carboxylic acids is 2. The molecule has 178 valence electrons. The van der Waals surface area contributed by atoms with Gasteiger partial charge >= 0.3 is 0 Å². The lowest BCUT2D eigenvalue weighted by Crippen LogP contribution is -2.25. The number of tetrazole rings is 1. The standard InChI is InChI=1S/C26H26N6O2S/c1-17-9-12-20(13-10-17)15-27-25(34)21-6-4-5-7-22(21)28-24(33)16-35-26-29-30-31-32(26)23-14-18(2)8-11-19(23)3/h4-14H,15-16H2,1-3H3,(H,27,34)(H,28,33). The van der Waals surface area contributed by atoms with Crippen molar-refractivity contribution < 1.29 is 9.59 Å². The van der Waals surface area contributed by atoms with Crippen molar-refractivity contribution in [1.82, 2.24) is 25.5 Å². The Bertz CT molecular complexity index is 1350. The lowest BCUT2D eigenvalue weighted by Gasteiger charge is -2.12. The van der Waals surface area contributed by atoms with Gasteiger partial charge in [-0.05, 0) is 66.1 Å². The number of para-hydroxylation sites is 1. The highest BCUT2D eigenvalue weighted by Gasteiger charge is 2.16. The second-order valence-corrected chi connectivity index (χ2v) is 9.16. The summed E-state index contributed by atoms with van der Waals surface area (Å²) >= 11 is 1.23. The van der Waals surface area contributed by atoms with Crippen LogP contribution in [0.2, 0.25) is 0 Å². The zero-order valence-corrected chi connectivity index (χ0v) is 20.6. The number of amides is 2. The third-order valence-electron chi connectivity index (χ3n) is 5.39. The summed E-state index contributed by atoms with van der Waals surface area (Å²) < 4.78 is 1.63. The second-order valence-electron chi connectivity index (χ2n) is 8.21. The molecule has 2 N–H and O–H groups in total. The van der Waals surface area contributed by atoms with Gasteiger partial charge in [-0.1, -0.05) is 65.9 Å². The Morgan fingerprint density at radius 1 is 0.943 bits per heavy atom. The van der Waals surface area contributed by atoms with Crippen LogP contribution >= 0.6 is 11.8 Å². The van der Waals surface area contributed by atoms with Gasteiger partial charge < -0.3 is 10.6 Å². The topological polar surface area (TPSA) is 102 Å². The molecule has 0 saturated carbocycles. The molecule has 0 unspecified atom stereocenters. The van der Waals surface area contributed by atoms with Gasteiger partial charge in [0.1, 0.15) is 0 Å². The third-order valence-corrected chi connectivity index (χ3v) is 6.30. The van der Waals surface area contributed by atoms with E-state index < -0.39 is 0 Å². The number of hydrogen-bond acceptors (Lipinski definition) is 6. The van der Waals surface area contributed by atoms with E-state index in [4.69, 9.17) is 0 Å². The fourth-order valence-electron chi connectivity index (χ4n) is 3.46. The first-order valence-corrected chi connectivity index (χ1v) is 12.1. The van der Waals surface area contributed by atoms with Gasteiger partial charge in [-0.15, -0.1) is 5.10 Å². The molecule has 2 amide bonds. The monoisotopic (exact) mass is 486 g/mol. The molecule has 0 aliphatic heterocycles. The van der Waals surface area contributed by atoms with Crippen LogP contribution in [0.25, 0.3) is 5.69 Å². The quantitative estimate of drug-likeness (QED) is 0.361. The van der Waals surface area contributed by atoms with Crippen LogP contribution in [0.15, 0.2) is 71.9 Å². The van der Waals surface area contributed by atoms with Gasteiger partial charge in [0.05, 0.1) is 22.7 Å². The number of thioether (sulfide) groups is 1. The summed E-state index contributed by atoms with van der Waals surface area (Å²) in [6.07, 6.45) is 0. The molecule has 0 radical (unpaired) electrons. The molecular formula is C26H26N6O2S. The first kappa shape index (κ1) is 24.2. The molecule has 0 atom stereocenters. The van der Waals surface area contributed by atoms with Gasteiger partial charge in [-0.2, -0.15) is 4.68 Å². The highest BCUT2D eigenvalue weighted by atomic mass is 32.2. The molecule has 0 fully saturated rings. The van der Waals surface area contributed by atoms with Crippen molar-refractivity contribution in [2.45, 2.75) is 32.5 Å². The molecule has 35 heavy (non-hydrogen) atoms. The summed E-state index contributed by atoms with van der Waals surface area (Å²) in [5.74, 6) is -0.429. The van der Waals surface area contributed by atoms with Crippen LogP contribution in [0.1, 0.15) is 32.6 Å². The largest absolute Gasteiger partial charge is 0.348 e. The van der Waals surface area contributed by atoms with E-state index >= 15 is 0 Å². The molecule has 0 aliphatic rings. The van der Waals surface area contributed by atoms with Gasteiger partial charge in [0.2, 0.25) is 11.1 Å². The second kappa shape index (κ2) is 11.0. The van der Waals surface area contributed by atoms with Gasteiger partial charge in [0.25, 0.3) is 5.91 Å². The van der Waals surface area contributed by atoms with Crippen molar-refractivity contribution in [2.75, 3.05) is 11.1 Å². The first-order chi connectivity index (χ1) is 16.9. The van der Waals surface area contributed by atoms with E-state index in [0.717, 1.165) is 27.9 Å². The third kappa shape index (κ3) is 6.13. The number of anilines is 1. The molecular weight excluding hydrogens is 460 g/mol. The molecule has 0 saturated heterocycles. The lowest BCUT2D eigenvalue weighted by atomic mass is 10.1. The fourth-order valence-corrected chi connectivity index (χ4v) is 4.14. The molecule has 1 aromatic heterocycles. The summed E-state index contributed by atoms with van der Waals surface area (Å²) in [4.78, 5) is 25.5.